The van der Waals surface area contributed by atoms with Crippen molar-refractivity contribution in [1.82, 2.24) is 29.9 Å². The highest BCUT2D eigenvalue weighted by Gasteiger charge is 2.16. The molecule has 0 saturated carbocycles. The van der Waals surface area contributed by atoms with Gasteiger partial charge in [-0.1, -0.05) is 158 Å². The summed E-state index contributed by atoms with van der Waals surface area (Å²) < 4.78 is 2.52. The molecule has 7 aromatic carbocycles. The van der Waals surface area contributed by atoms with Crippen molar-refractivity contribution in [3.63, 3.8) is 0 Å². The molecule has 0 spiro atoms. The molecule has 0 aliphatic rings. The highest BCUT2D eigenvalue weighted by molar-refractivity contribution is 7.25. The first-order valence-electron chi connectivity index (χ1n) is 21.1. The monoisotopic (exact) mass is 830 g/mol. The van der Waals surface area contributed by atoms with Gasteiger partial charge in [0, 0.05) is 48.0 Å². The second-order valence-corrected chi connectivity index (χ2v) is 16.7. The number of hydrogen-bond acceptors (Lipinski definition) is 7. The predicted molar refractivity (Wildman–Crippen MR) is 262 cm³/mol. The number of aromatic nitrogens is 6. The molecular weight excluding hydrogens is 789 g/mol. The van der Waals surface area contributed by atoms with E-state index in [0.717, 1.165) is 66.8 Å². The summed E-state index contributed by atoms with van der Waals surface area (Å²) in [5.41, 5.74) is 12.6. The lowest BCUT2D eigenvalue weighted by atomic mass is 9.99. The molecule has 0 saturated heterocycles. The van der Waals surface area contributed by atoms with Gasteiger partial charge in [0.1, 0.15) is 0 Å². The third-order valence-corrected chi connectivity index (χ3v) is 12.6. The molecule has 10 aromatic rings. The molecule has 0 radical (unpaired) electrons. The first-order valence-corrected chi connectivity index (χ1v) is 21.9. The van der Waals surface area contributed by atoms with E-state index in [0.29, 0.717) is 34.9 Å². The molecule has 0 fully saturated rings. The normalized spacial score (nSPS) is 12.0. The Kier molecular flexibility index (Phi) is 10.6. The van der Waals surface area contributed by atoms with Crippen molar-refractivity contribution in [3.8, 4) is 79.2 Å². The second kappa shape index (κ2) is 17.0. The molecule has 0 atom stereocenters. The highest BCUT2D eigenvalue weighted by atomic mass is 32.1. The highest BCUT2D eigenvalue weighted by Crippen LogP contribution is 2.39. The van der Waals surface area contributed by atoms with E-state index in [2.05, 4.69) is 124 Å². The van der Waals surface area contributed by atoms with Crippen LogP contribution in [0, 0.1) is 6.92 Å². The Morgan fingerprint density at radius 2 is 0.810 bits per heavy atom. The zero-order valence-electron chi connectivity index (χ0n) is 35.4. The molecule has 302 valence electrons. The van der Waals surface area contributed by atoms with Gasteiger partial charge in [-0.3, -0.25) is 0 Å². The average molecular weight is 831 g/mol. The van der Waals surface area contributed by atoms with E-state index < -0.39 is 0 Å². The number of fused-ring (bicyclic) bond motifs is 3. The lowest BCUT2D eigenvalue weighted by Gasteiger charge is -2.10. The van der Waals surface area contributed by atoms with Gasteiger partial charge in [0.25, 0.3) is 0 Å². The smallest absolute Gasteiger partial charge is 0.164 e. The molecule has 6 nitrogen and oxygen atoms in total. The van der Waals surface area contributed by atoms with Gasteiger partial charge in [0.05, 0.1) is 0 Å². The van der Waals surface area contributed by atoms with Crippen LogP contribution in [0.1, 0.15) is 32.2 Å². The fraction of sp³-hybridized carbons (Fsp3) is 0.0714. The minimum Gasteiger partial charge on any atom is -0.209 e. The maximum Gasteiger partial charge on any atom is 0.164 e. The van der Waals surface area contributed by atoms with Crippen molar-refractivity contribution < 1.29 is 0 Å². The standard InChI is InChI=1S/C56H42N6S/c1-5-14-35(2)37(4)51-57-52(40-16-8-6-9-17-40)59-54(58-51)42-25-21-38(22-26-42)44-29-31-49-47(33-44)48-34-45(30-32-50(48)63-49)39-23-27-43(28-24-39)55-60-53(41-18-10-7-11-19-41)61-56(62-55)46-20-13-12-15-36(46)3/h5-34H,1-4H3/b14-5-,37-35+. The SMILES string of the molecule is C/C=C\C(C)=C(/C)c1nc(-c2ccccc2)nc(-c2ccc(-c3ccc4sc5ccc(-c6ccc(-c7nc(-c8ccccc8)nc(-c8ccccc8C)n7)cc6)cc5c4c3)cc2)n1. The number of allylic oxidation sites excluding steroid dienone is 4. The summed E-state index contributed by atoms with van der Waals surface area (Å²) in [5.74, 6) is 3.95. The molecule has 3 heterocycles. The van der Waals surface area contributed by atoms with Crippen molar-refractivity contribution in [2.24, 2.45) is 0 Å². The number of nitrogens with zero attached hydrogens (tertiary/aromatic N) is 6. The Balaban J connectivity index is 0.963. The first-order chi connectivity index (χ1) is 30.9. The summed E-state index contributed by atoms with van der Waals surface area (Å²) in [7, 11) is 0. The Morgan fingerprint density at radius 3 is 1.29 bits per heavy atom. The van der Waals surface area contributed by atoms with Crippen LogP contribution in [0.2, 0.25) is 0 Å². The van der Waals surface area contributed by atoms with Crippen molar-refractivity contribution in [2.45, 2.75) is 27.7 Å². The van der Waals surface area contributed by atoms with E-state index in [-0.39, 0.29) is 0 Å². The molecule has 10 rings (SSSR count). The van der Waals surface area contributed by atoms with Crippen LogP contribution >= 0.6 is 11.3 Å². The second-order valence-electron chi connectivity index (χ2n) is 15.6. The van der Waals surface area contributed by atoms with Crippen LogP contribution in [-0.2, 0) is 0 Å². The lowest BCUT2D eigenvalue weighted by Crippen LogP contribution is -2.02. The first kappa shape index (κ1) is 39.4. The van der Waals surface area contributed by atoms with Gasteiger partial charge in [-0.05, 0) is 90.9 Å². The zero-order valence-corrected chi connectivity index (χ0v) is 36.2. The van der Waals surface area contributed by atoms with E-state index in [1.54, 1.807) is 0 Å². The summed E-state index contributed by atoms with van der Waals surface area (Å²) in [6.45, 7) is 8.26. The molecule has 0 N–H and O–H groups in total. The number of aryl methyl sites for hydroxylation is 1. The molecule has 0 aliphatic carbocycles. The van der Waals surface area contributed by atoms with Gasteiger partial charge in [-0.15, -0.1) is 11.3 Å². The van der Waals surface area contributed by atoms with E-state index in [4.69, 9.17) is 29.9 Å². The van der Waals surface area contributed by atoms with Gasteiger partial charge in [-0.2, -0.15) is 0 Å². The number of thiophene rings is 1. The van der Waals surface area contributed by atoms with Crippen LogP contribution in [0.15, 0.2) is 188 Å². The maximum absolute atomic E-state index is 4.99. The minimum atomic E-state index is 0.644. The molecule has 0 bridgehead atoms. The van der Waals surface area contributed by atoms with Gasteiger partial charge >= 0.3 is 0 Å². The maximum atomic E-state index is 4.99. The van der Waals surface area contributed by atoms with Crippen LogP contribution in [0.4, 0.5) is 0 Å². The van der Waals surface area contributed by atoms with Crippen LogP contribution in [-0.4, -0.2) is 29.9 Å². The summed E-state index contributed by atoms with van der Waals surface area (Å²) in [6.07, 6.45) is 4.12. The fourth-order valence-corrected chi connectivity index (χ4v) is 8.93. The Hall–Kier alpha value is -7.74. The van der Waals surface area contributed by atoms with E-state index in [9.17, 15) is 0 Å². The average Bonchev–Trinajstić information content (AvgIpc) is 3.71. The van der Waals surface area contributed by atoms with E-state index in [1.165, 1.54) is 20.2 Å². The van der Waals surface area contributed by atoms with Crippen molar-refractivity contribution in [1.29, 1.82) is 0 Å². The van der Waals surface area contributed by atoms with Crippen molar-refractivity contribution >= 4 is 37.1 Å². The predicted octanol–water partition coefficient (Wildman–Crippen LogP) is 14.8. The van der Waals surface area contributed by atoms with E-state index >= 15 is 0 Å². The molecular formula is C56H42N6S. The summed E-state index contributed by atoms with van der Waals surface area (Å²) in [6, 6.07) is 59.1. The van der Waals surface area contributed by atoms with Gasteiger partial charge in [-0.25, -0.2) is 29.9 Å². The Bertz CT molecular complexity index is 3350. The number of hydrogen-bond donors (Lipinski definition) is 0. The van der Waals surface area contributed by atoms with Crippen LogP contribution < -0.4 is 0 Å². The summed E-state index contributed by atoms with van der Waals surface area (Å²) in [5, 5.41) is 2.48. The third kappa shape index (κ3) is 7.98. The van der Waals surface area contributed by atoms with E-state index in [1.807, 2.05) is 97.1 Å². The van der Waals surface area contributed by atoms with Gasteiger partial charge in [0.15, 0.2) is 34.9 Å². The van der Waals surface area contributed by atoms with Crippen molar-refractivity contribution in [2.75, 3.05) is 0 Å². The number of benzene rings is 7. The van der Waals surface area contributed by atoms with Crippen LogP contribution in [0.3, 0.4) is 0 Å². The van der Waals surface area contributed by atoms with Crippen LogP contribution in [0.5, 0.6) is 0 Å². The molecule has 3 aromatic heterocycles. The summed E-state index contributed by atoms with van der Waals surface area (Å²) in [4.78, 5) is 29.7. The molecule has 0 amide bonds. The van der Waals surface area contributed by atoms with Gasteiger partial charge in [0.2, 0.25) is 0 Å². The minimum absolute atomic E-state index is 0.644. The van der Waals surface area contributed by atoms with Crippen molar-refractivity contribution in [3.05, 3.63) is 199 Å². The quantitative estimate of drug-likeness (QED) is 0.135. The summed E-state index contributed by atoms with van der Waals surface area (Å²) >= 11 is 1.82. The van der Waals surface area contributed by atoms with Crippen LogP contribution in [0.25, 0.3) is 105 Å². The Morgan fingerprint density at radius 1 is 0.413 bits per heavy atom. The fourth-order valence-electron chi connectivity index (χ4n) is 7.87. The van der Waals surface area contributed by atoms with Gasteiger partial charge < -0.3 is 0 Å². The largest absolute Gasteiger partial charge is 0.209 e. The molecule has 63 heavy (non-hydrogen) atoms. The third-order valence-electron chi connectivity index (χ3n) is 11.5. The topological polar surface area (TPSA) is 77.3 Å². The zero-order chi connectivity index (χ0) is 42.9. The molecule has 0 unspecified atom stereocenters. The number of rotatable bonds is 9. The molecule has 7 heteroatoms. The molecule has 0 aliphatic heterocycles. The Labute approximate surface area is 371 Å². The lowest BCUT2D eigenvalue weighted by molar-refractivity contribution is 1.03.